The van der Waals surface area contributed by atoms with Crippen LogP contribution in [0.1, 0.15) is 33.2 Å². The second kappa shape index (κ2) is 6.25. The molecule has 0 atom stereocenters. The van der Waals surface area contributed by atoms with Crippen LogP contribution in [0.25, 0.3) is 0 Å². The molecule has 0 fully saturated rings. The molecule has 18 heavy (non-hydrogen) atoms. The van der Waals surface area contributed by atoms with E-state index in [2.05, 4.69) is 73.8 Å². The van der Waals surface area contributed by atoms with Crippen molar-refractivity contribution in [3.8, 4) is 0 Å². The Morgan fingerprint density at radius 3 is 2.61 bits per heavy atom. The zero-order valence-corrected chi connectivity index (χ0v) is 11.2. The molecule has 0 radical (unpaired) electrons. The highest BCUT2D eigenvalue weighted by atomic mass is 14.9. The predicted octanol–water partition coefficient (Wildman–Crippen LogP) is 4.91. The first-order valence-corrected chi connectivity index (χ1v) is 6.61. The van der Waals surface area contributed by atoms with Gasteiger partial charge in [-0.2, -0.15) is 0 Å². The molecule has 0 saturated carbocycles. The number of rotatable bonds is 4. The Morgan fingerprint density at radius 1 is 1.11 bits per heavy atom. The fourth-order valence-corrected chi connectivity index (χ4v) is 1.95. The lowest BCUT2D eigenvalue weighted by atomic mass is 10.0. The third-order valence-corrected chi connectivity index (χ3v) is 3.17. The van der Waals surface area contributed by atoms with Crippen LogP contribution in [0.15, 0.2) is 60.2 Å². The zero-order valence-electron chi connectivity index (χ0n) is 11.2. The van der Waals surface area contributed by atoms with Crippen LogP contribution in [0.5, 0.6) is 0 Å². The van der Waals surface area contributed by atoms with Gasteiger partial charge in [0.1, 0.15) is 0 Å². The van der Waals surface area contributed by atoms with Crippen molar-refractivity contribution in [2.24, 2.45) is 0 Å². The third-order valence-electron chi connectivity index (χ3n) is 3.17. The average Bonchev–Trinajstić information content (AvgIpc) is 2.65. The van der Waals surface area contributed by atoms with Gasteiger partial charge in [-0.15, -0.1) is 0 Å². The lowest BCUT2D eigenvalue weighted by Gasteiger charge is -2.10. The highest BCUT2D eigenvalue weighted by molar-refractivity contribution is 5.46. The van der Waals surface area contributed by atoms with Crippen molar-refractivity contribution in [2.45, 2.75) is 26.2 Å². The van der Waals surface area contributed by atoms with Gasteiger partial charge < -0.3 is 5.32 Å². The van der Waals surface area contributed by atoms with Crippen molar-refractivity contribution in [1.82, 2.24) is 0 Å². The lowest BCUT2D eigenvalue weighted by molar-refractivity contribution is 0.867. The summed E-state index contributed by atoms with van der Waals surface area (Å²) in [4.78, 5) is 0. The average molecular weight is 241 g/mol. The summed E-state index contributed by atoms with van der Waals surface area (Å²) in [5.41, 5.74) is 3.99. The molecule has 1 aromatic carbocycles. The normalized spacial score (nSPS) is 14.5. The summed E-state index contributed by atoms with van der Waals surface area (Å²) in [5.74, 6) is 0.596. The van der Waals surface area contributed by atoms with Crippen LogP contribution in [0.2, 0.25) is 0 Å². The summed E-state index contributed by atoms with van der Waals surface area (Å²) >= 11 is 0. The molecule has 1 aromatic rings. The van der Waals surface area contributed by atoms with Gasteiger partial charge in [-0.25, -0.2) is 0 Å². The number of nitrogens with one attached hydrogen (secondary N) is 1. The monoisotopic (exact) mass is 241 g/mol. The first kappa shape index (κ1) is 12.7. The molecule has 96 valence electrons. The summed E-state index contributed by atoms with van der Waals surface area (Å²) in [5, 5.41) is 3.47. The molecule has 0 unspecified atom stereocenters. The Labute approximate surface area is 111 Å². The highest BCUT2D eigenvalue weighted by Gasteiger charge is 2.00. The smallest absolute Gasteiger partial charge is 0.0366 e. The van der Waals surface area contributed by atoms with Crippen molar-refractivity contribution in [1.29, 1.82) is 0 Å². The van der Waals surface area contributed by atoms with Crippen LogP contribution in [0, 0.1) is 0 Å². The van der Waals surface area contributed by atoms with Crippen LogP contribution in [0.3, 0.4) is 0 Å². The van der Waals surface area contributed by atoms with Gasteiger partial charge in [0.05, 0.1) is 0 Å². The summed E-state index contributed by atoms with van der Waals surface area (Å²) in [7, 11) is 0. The SMILES string of the molecule is CC(C)c1ccc(NCC2=CC=CC=CC2)cc1.[HH]. The number of allylic oxidation sites excluding steroid dienone is 5. The Balaban J connectivity index is 0.00000180. The Hall–Kier alpha value is -1.76. The third kappa shape index (κ3) is 3.63. The first-order chi connectivity index (χ1) is 8.75. The quantitative estimate of drug-likeness (QED) is 0.789. The van der Waals surface area contributed by atoms with Gasteiger partial charge in [0.15, 0.2) is 0 Å². The maximum atomic E-state index is 3.47. The fourth-order valence-electron chi connectivity index (χ4n) is 1.95. The van der Waals surface area contributed by atoms with Crippen LogP contribution in [-0.4, -0.2) is 6.54 Å². The molecule has 0 spiro atoms. The Morgan fingerprint density at radius 2 is 1.89 bits per heavy atom. The summed E-state index contributed by atoms with van der Waals surface area (Å²) < 4.78 is 0. The fraction of sp³-hybridized carbons (Fsp3) is 0.294. The van der Waals surface area contributed by atoms with Crippen molar-refractivity contribution in [3.05, 3.63) is 65.8 Å². The Bertz CT molecular complexity index is 467. The van der Waals surface area contributed by atoms with Crippen molar-refractivity contribution >= 4 is 5.69 Å². The largest absolute Gasteiger partial charge is 0.381 e. The van der Waals surface area contributed by atoms with Crippen molar-refractivity contribution in [3.63, 3.8) is 0 Å². The van der Waals surface area contributed by atoms with E-state index >= 15 is 0 Å². The molecular formula is C17H23N. The number of anilines is 1. The maximum Gasteiger partial charge on any atom is 0.0366 e. The minimum absolute atomic E-state index is 0. The topological polar surface area (TPSA) is 12.0 Å². The molecular weight excluding hydrogens is 218 g/mol. The maximum absolute atomic E-state index is 3.47. The van der Waals surface area contributed by atoms with Gasteiger partial charge in [0, 0.05) is 13.7 Å². The van der Waals surface area contributed by atoms with E-state index in [0.717, 1.165) is 13.0 Å². The molecule has 1 nitrogen and oxygen atoms in total. The molecule has 0 saturated heterocycles. The van der Waals surface area contributed by atoms with Gasteiger partial charge >= 0.3 is 0 Å². The van der Waals surface area contributed by atoms with Gasteiger partial charge in [0.2, 0.25) is 0 Å². The second-order valence-electron chi connectivity index (χ2n) is 4.97. The molecule has 2 rings (SSSR count). The molecule has 0 aromatic heterocycles. The van der Waals surface area contributed by atoms with Crippen LogP contribution in [-0.2, 0) is 0 Å². The van der Waals surface area contributed by atoms with Gasteiger partial charge in [-0.3, -0.25) is 0 Å². The van der Waals surface area contributed by atoms with E-state index in [1.165, 1.54) is 16.8 Å². The number of benzene rings is 1. The Kier molecular flexibility index (Phi) is 4.40. The van der Waals surface area contributed by atoms with E-state index < -0.39 is 0 Å². The molecule has 0 heterocycles. The second-order valence-corrected chi connectivity index (χ2v) is 4.97. The van der Waals surface area contributed by atoms with Crippen LogP contribution < -0.4 is 5.32 Å². The molecule has 0 bridgehead atoms. The van der Waals surface area contributed by atoms with E-state index in [1.54, 1.807) is 0 Å². The molecule has 1 heteroatoms. The van der Waals surface area contributed by atoms with E-state index in [1.807, 2.05) is 0 Å². The summed E-state index contributed by atoms with van der Waals surface area (Å²) in [6.45, 7) is 5.35. The van der Waals surface area contributed by atoms with Gasteiger partial charge in [-0.1, -0.05) is 56.4 Å². The molecule has 0 amide bonds. The van der Waals surface area contributed by atoms with Gasteiger partial charge in [-0.05, 0) is 35.6 Å². The summed E-state index contributed by atoms with van der Waals surface area (Å²) in [6.07, 6.45) is 11.7. The van der Waals surface area contributed by atoms with Crippen LogP contribution >= 0.6 is 0 Å². The number of hydrogen-bond acceptors (Lipinski definition) is 1. The standard InChI is InChI=1S/C17H21N.H2/c1-14(2)16-9-11-17(12-10-16)18-13-15-7-5-3-4-6-8-15;/h3-7,9-12,14,18H,8,13H2,1-2H3;1H. The number of hydrogen-bond donors (Lipinski definition) is 1. The van der Waals surface area contributed by atoms with E-state index in [4.69, 9.17) is 0 Å². The molecule has 0 aliphatic heterocycles. The molecule has 1 N–H and O–H groups in total. The van der Waals surface area contributed by atoms with Crippen molar-refractivity contribution < 1.29 is 1.43 Å². The first-order valence-electron chi connectivity index (χ1n) is 6.61. The molecule has 1 aliphatic carbocycles. The highest BCUT2D eigenvalue weighted by Crippen LogP contribution is 2.17. The van der Waals surface area contributed by atoms with E-state index in [0.29, 0.717) is 5.92 Å². The lowest BCUT2D eigenvalue weighted by Crippen LogP contribution is -2.04. The van der Waals surface area contributed by atoms with E-state index in [9.17, 15) is 0 Å². The van der Waals surface area contributed by atoms with Crippen LogP contribution in [0.4, 0.5) is 5.69 Å². The van der Waals surface area contributed by atoms with Crippen molar-refractivity contribution in [2.75, 3.05) is 11.9 Å². The zero-order chi connectivity index (χ0) is 12.8. The van der Waals surface area contributed by atoms with Gasteiger partial charge in [0.25, 0.3) is 0 Å². The van der Waals surface area contributed by atoms with E-state index in [-0.39, 0.29) is 1.43 Å². The molecule has 1 aliphatic rings. The minimum atomic E-state index is 0. The summed E-state index contributed by atoms with van der Waals surface area (Å²) in [6, 6.07) is 8.74. The predicted molar refractivity (Wildman–Crippen MR) is 82.1 cm³/mol. The minimum Gasteiger partial charge on any atom is -0.381 e.